The molecule has 0 saturated carbocycles. The van der Waals surface area contributed by atoms with E-state index in [2.05, 4.69) is 167 Å². The average molecular weight is 534 g/mol. The van der Waals surface area contributed by atoms with Crippen LogP contribution in [-0.2, 0) is 10.8 Å². The molecule has 0 saturated heterocycles. The number of fused-ring (bicyclic) bond motifs is 3. The number of hydrogen-bond acceptors (Lipinski definition) is 0. The van der Waals surface area contributed by atoms with E-state index in [4.69, 9.17) is 0 Å². The summed E-state index contributed by atoms with van der Waals surface area (Å²) in [6.07, 6.45) is 4.32. The maximum Gasteiger partial charge on any atom is 0.0541 e. The Labute approximate surface area is 244 Å². The highest BCUT2D eigenvalue weighted by atomic mass is 15.0. The Morgan fingerprint density at radius 2 is 0.902 bits per heavy atom. The summed E-state index contributed by atoms with van der Waals surface area (Å²) in [6.45, 7) is 13.7. The van der Waals surface area contributed by atoms with Crippen LogP contribution >= 0.6 is 0 Å². The van der Waals surface area contributed by atoms with Gasteiger partial charge < -0.3 is 4.57 Å². The minimum Gasteiger partial charge on any atom is -0.309 e. The molecule has 204 valence electrons. The molecule has 1 aromatic heterocycles. The Morgan fingerprint density at radius 1 is 0.463 bits per heavy atom. The molecule has 0 N–H and O–H groups in total. The Balaban J connectivity index is 1.38. The van der Waals surface area contributed by atoms with Gasteiger partial charge in [-0.05, 0) is 80.6 Å². The van der Waals surface area contributed by atoms with Gasteiger partial charge in [0, 0.05) is 16.5 Å². The van der Waals surface area contributed by atoms with Gasteiger partial charge >= 0.3 is 0 Å². The fourth-order valence-corrected chi connectivity index (χ4v) is 5.58. The molecular weight excluding hydrogens is 494 g/mol. The van der Waals surface area contributed by atoms with Gasteiger partial charge in [-0.3, -0.25) is 0 Å². The first-order valence-corrected chi connectivity index (χ1v) is 14.6. The summed E-state index contributed by atoms with van der Waals surface area (Å²) < 4.78 is 2.42. The molecule has 1 heterocycles. The van der Waals surface area contributed by atoms with Crippen LogP contribution in [0.15, 0.2) is 115 Å². The summed E-state index contributed by atoms with van der Waals surface area (Å²) in [6, 6.07) is 42.2. The van der Waals surface area contributed by atoms with E-state index in [1.165, 1.54) is 60.9 Å². The predicted molar refractivity (Wildman–Crippen MR) is 179 cm³/mol. The van der Waals surface area contributed by atoms with E-state index in [1.54, 1.807) is 0 Å². The molecule has 0 aliphatic carbocycles. The van der Waals surface area contributed by atoms with Crippen LogP contribution in [-0.4, -0.2) is 4.57 Å². The third-order valence-corrected chi connectivity index (χ3v) is 8.13. The van der Waals surface area contributed by atoms with Crippen molar-refractivity contribution in [1.82, 2.24) is 4.57 Å². The van der Waals surface area contributed by atoms with Crippen LogP contribution in [0.2, 0.25) is 0 Å². The van der Waals surface area contributed by atoms with E-state index < -0.39 is 0 Å². The first-order valence-electron chi connectivity index (χ1n) is 14.6. The van der Waals surface area contributed by atoms with Crippen LogP contribution in [0.3, 0.4) is 0 Å². The van der Waals surface area contributed by atoms with Gasteiger partial charge in [0.25, 0.3) is 0 Å². The monoisotopic (exact) mass is 533 g/mol. The quantitative estimate of drug-likeness (QED) is 0.199. The lowest BCUT2D eigenvalue weighted by Crippen LogP contribution is -2.10. The van der Waals surface area contributed by atoms with Crippen molar-refractivity contribution in [2.24, 2.45) is 0 Å². The lowest BCUT2D eigenvalue weighted by molar-refractivity contribution is 0.590. The van der Waals surface area contributed by atoms with Crippen molar-refractivity contribution >= 4 is 34.0 Å². The molecule has 41 heavy (non-hydrogen) atoms. The molecule has 6 rings (SSSR count). The third kappa shape index (κ3) is 5.37. The molecule has 5 aromatic carbocycles. The van der Waals surface area contributed by atoms with Gasteiger partial charge in [0.1, 0.15) is 0 Å². The van der Waals surface area contributed by atoms with Gasteiger partial charge in [0.2, 0.25) is 0 Å². The first-order chi connectivity index (χ1) is 19.6. The van der Waals surface area contributed by atoms with E-state index in [1.807, 2.05) is 6.07 Å². The van der Waals surface area contributed by atoms with Crippen molar-refractivity contribution < 1.29 is 0 Å². The predicted octanol–water partition coefficient (Wildman–Crippen LogP) is 11.2. The van der Waals surface area contributed by atoms with Gasteiger partial charge in [0.05, 0.1) is 11.0 Å². The SMILES string of the molecule is CC(C)(C)c1ccc2c(c1)c1cc(C(C)(C)C)ccc1n2-c1ccc(-c2ccc(C=Cc3ccccc3)cc2)cc1. The van der Waals surface area contributed by atoms with E-state index >= 15 is 0 Å². The molecule has 0 aliphatic heterocycles. The fourth-order valence-electron chi connectivity index (χ4n) is 5.58. The van der Waals surface area contributed by atoms with Crippen LogP contribution in [0, 0.1) is 0 Å². The summed E-state index contributed by atoms with van der Waals surface area (Å²) in [5.74, 6) is 0. The fraction of sp³-hybridized carbons (Fsp3) is 0.200. The molecule has 0 atom stereocenters. The van der Waals surface area contributed by atoms with E-state index in [9.17, 15) is 0 Å². The van der Waals surface area contributed by atoms with Crippen LogP contribution in [0.25, 0.3) is 50.8 Å². The maximum atomic E-state index is 2.42. The van der Waals surface area contributed by atoms with Gasteiger partial charge in [-0.15, -0.1) is 0 Å². The number of nitrogens with zero attached hydrogens (tertiary/aromatic N) is 1. The second-order valence-electron chi connectivity index (χ2n) is 13.2. The molecule has 0 spiro atoms. The third-order valence-electron chi connectivity index (χ3n) is 8.13. The zero-order valence-electron chi connectivity index (χ0n) is 25.1. The standard InChI is InChI=1S/C40H39N/c1-39(2,3)32-20-24-37-35(26-32)36-27-33(40(4,5)6)21-25-38(36)41(37)34-22-18-31(19-23-34)30-16-14-29(15-17-30)13-12-28-10-8-7-9-11-28/h7-27H,1-6H3. The first kappa shape index (κ1) is 26.8. The molecule has 0 radical (unpaired) electrons. The van der Waals surface area contributed by atoms with Crippen molar-refractivity contribution in [3.05, 3.63) is 138 Å². The summed E-state index contributed by atoms with van der Waals surface area (Å²) in [4.78, 5) is 0. The molecular formula is C40H39N. The lowest BCUT2D eigenvalue weighted by atomic mass is 9.85. The summed E-state index contributed by atoms with van der Waals surface area (Å²) >= 11 is 0. The number of aromatic nitrogens is 1. The Bertz CT molecular complexity index is 1780. The van der Waals surface area contributed by atoms with Crippen LogP contribution < -0.4 is 0 Å². The maximum absolute atomic E-state index is 2.42. The highest BCUT2D eigenvalue weighted by Crippen LogP contribution is 2.37. The van der Waals surface area contributed by atoms with Gasteiger partial charge in [-0.2, -0.15) is 0 Å². The molecule has 1 nitrogen and oxygen atoms in total. The van der Waals surface area contributed by atoms with Crippen LogP contribution in [0.5, 0.6) is 0 Å². The Morgan fingerprint density at radius 3 is 1.37 bits per heavy atom. The molecule has 0 unspecified atom stereocenters. The van der Waals surface area contributed by atoms with Crippen molar-refractivity contribution in [1.29, 1.82) is 0 Å². The van der Waals surface area contributed by atoms with Crippen LogP contribution in [0.1, 0.15) is 63.8 Å². The molecule has 1 heteroatoms. The molecule has 0 aliphatic rings. The minimum absolute atomic E-state index is 0.0960. The summed E-state index contributed by atoms with van der Waals surface area (Å²) in [7, 11) is 0. The second kappa shape index (κ2) is 10.2. The molecule has 0 bridgehead atoms. The van der Waals surface area contributed by atoms with Crippen molar-refractivity contribution in [2.75, 3.05) is 0 Å². The minimum atomic E-state index is 0.0960. The summed E-state index contributed by atoms with van der Waals surface area (Å²) in [5.41, 5.74) is 11.5. The smallest absolute Gasteiger partial charge is 0.0541 e. The normalized spacial score (nSPS) is 12.5. The van der Waals surface area contributed by atoms with E-state index in [0.29, 0.717) is 0 Å². The molecule has 0 amide bonds. The second-order valence-corrected chi connectivity index (χ2v) is 13.2. The van der Waals surface area contributed by atoms with Crippen molar-refractivity contribution in [3.8, 4) is 16.8 Å². The van der Waals surface area contributed by atoms with Crippen LogP contribution in [0.4, 0.5) is 0 Å². The molecule has 6 aromatic rings. The largest absolute Gasteiger partial charge is 0.309 e. The van der Waals surface area contributed by atoms with Crippen molar-refractivity contribution in [2.45, 2.75) is 52.4 Å². The number of rotatable bonds is 4. The number of benzene rings is 5. The zero-order valence-corrected chi connectivity index (χ0v) is 25.1. The highest BCUT2D eigenvalue weighted by molar-refractivity contribution is 6.10. The average Bonchev–Trinajstić information content (AvgIpc) is 3.29. The summed E-state index contributed by atoms with van der Waals surface area (Å²) in [5, 5.41) is 2.64. The van der Waals surface area contributed by atoms with E-state index in [-0.39, 0.29) is 10.8 Å². The highest BCUT2D eigenvalue weighted by Gasteiger charge is 2.20. The van der Waals surface area contributed by atoms with E-state index in [0.717, 1.165) is 0 Å². The van der Waals surface area contributed by atoms with Gasteiger partial charge in [-0.25, -0.2) is 0 Å². The van der Waals surface area contributed by atoms with Gasteiger partial charge in [0.15, 0.2) is 0 Å². The Kier molecular flexibility index (Phi) is 6.70. The zero-order chi connectivity index (χ0) is 28.8. The number of hydrogen-bond donors (Lipinski definition) is 0. The van der Waals surface area contributed by atoms with Crippen molar-refractivity contribution in [3.63, 3.8) is 0 Å². The van der Waals surface area contributed by atoms with Gasteiger partial charge in [-0.1, -0.05) is 133 Å². The molecule has 0 fully saturated rings. The lowest BCUT2D eigenvalue weighted by Gasteiger charge is -2.19. The Hall–Kier alpha value is -4.36. The topological polar surface area (TPSA) is 4.93 Å².